The highest BCUT2D eigenvalue weighted by Gasteiger charge is 2.29. The van der Waals surface area contributed by atoms with E-state index in [-0.39, 0.29) is 0 Å². The summed E-state index contributed by atoms with van der Waals surface area (Å²) in [5.41, 5.74) is 2.48. The molecular weight excluding hydrogens is 326 g/mol. The highest BCUT2D eigenvalue weighted by atomic mass is 79.9. The van der Waals surface area contributed by atoms with Crippen LogP contribution in [0.4, 0.5) is 0 Å². The topological polar surface area (TPSA) is 30.5 Å². The molecule has 1 aromatic carbocycles. The molecule has 1 aromatic rings. The maximum absolute atomic E-state index is 5.61. The second-order valence-corrected chi connectivity index (χ2v) is 6.97. The average molecular weight is 346 g/mol. The number of hydrogen-bond acceptors (Lipinski definition) is 4. The molecule has 0 aliphatic carbocycles. The number of thioether (sulfide) groups is 1. The Morgan fingerprint density at radius 3 is 2.68 bits per heavy atom. The molecule has 5 heteroatoms. The molecular formula is C14H20BrNO2S. The lowest BCUT2D eigenvalue weighted by Gasteiger charge is -2.23. The normalized spacial score (nSPS) is 22.6. The molecule has 0 bridgehead atoms. The third-order valence-electron chi connectivity index (χ3n) is 3.54. The molecule has 2 unspecified atom stereocenters. The number of halogens is 1. The number of nitrogens with one attached hydrogen (secondary N) is 1. The third-order valence-corrected chi connectivity index (χ3v) is 5.35. The predicted octanol–water partition coefficient (Wildman–Crippen LogP) is 3.75. The Labute approximate surface area is 127 Å². The van der Waals surface area contributed by atoms with Gasteiger partial charge < -0.3 is 14.8 Å². The Morgan fingerprint density at radius 2 is 2.11 bits per heavy atom. The summed E-state index contributed by atoms with van der Waals surface area (Å²) in [6.45, 7) is 2.27. The van der Waals surface area contributed by atoms with Crippen molar-refractivity contribution in [3.63, 3.8) is 0 Å². The summed E-state index contributed by atoms with van der Waals surface area (Å²) < 4.78 is 12.1. The van der Waals surface area contributed by atoms with Crippen LogP contribution in [0.3, 0.4) is 0 Å². The first-order valence-corrected chi connectivity index (χ1v) is 8.18. The first kappa shape index (κ1) is 15.0. The molecule has 19 heavy (non-hydrogen) atoms. The SMILES string of the molecule is CNC1CC(C)SCc2c(OC)cc(Br)c(OC)c21. The standard InChI is InChI=1S/C14H20BrNO2S/c1-8-5-11(16-2)13-9(7-19-8)12(17-3)6-10(15)14(13)18-4/h6,8,11,16H,5,7H2,1-4H3. The van der Waals surface area contributed by atoms with Gasteiger partial charge in [-0.05, 0) is 35.5 Å². The lowest BCUT2D eigenvalue weighted by molar-refractivity contribution is 0.384. The number of ether oxygens (including phenoxy) is 2. The molecule has 0 saturated carbocycles. The van der Waals surface area contributed by atoms with E-state index in [9.17, 15) is 0 Å². The molecule has 0 fully saturated rings. The fourth-order valence-electron chi connectivity index (χ4n) is 2.58. The summed E-state index contributed by atoms with van der Waals surface area (Å²) in [4.78, 5) is 0. The van der Waals surface area contributed by atoms with Gasteiger partial charge in [0, 0.05) is 28.2 Å². The summed E-state index contributed by atoms with van der Waals surface area (Å²) in [5.74, 6) is 2.82. The molecule has 0 radical (unpaired) electrons. The minimum absolute atomic E-state index is 0.293. The van der Waals surface area contributed by atoms with Crippen LogP contribution in [0, 0.1) is 0 Å². The van der Waals surface area contributed by atoms with Gasteiger partial charge in [-0.25, -0.2) is 0 Å². The Hall–Kier alpha value is -0.390. The fourth-order valence-corrected chi connectivity index (χ4v) is 4.24. The van der Waals surface area contributed by atoms with Gasteiger partial charge in [0.15, 0.2) is 0 Å². The van der Waals surface area contributed by atoms with Gasteiger partial charge in [-0.15, -0.1) is 0 Å². The zero-order valence-electron chi connectivity index (χ0n) is 11.7. The van der Waals surface area contributed by atoms with Crippen LogP contribution < -0.4 is 14.8 Å². The van der Waals surface area contributed by atoms with Gasteiger partial charge in [-0.3, -0.25) is 0 Å². The second-order valence-electron chi connectivity index (χ2n) is 4.68. The van der Waals surface area contributed by atoms with E-state index in [1.54, 1.807) is 14.2 Å². The Balaban J connectivity index is 2.64. The van der Waals surface area contributed by atoms with Crippen molar-refractivity contribution in [2.24, 2.45) is 0 Å². The summed E-state index contributed by atoms with van der Waals surface area (Å²) >= 11 is 5.55. The summed E-state index contributed by atoms with van der Waals surface area (Å²) in [6.07, 6.45) is 1.09. The van der Waals surface area contributed by atoms with Crippen LogP contribution in [-0.4, -0.2) is 26.5 Å². The average Bonchev–Trinajstić information content (AvgIpc) is 2.57. The number of benzene rings is 1. The Morgan fingerprint density at radius 1 is 1.37 bits per heavy atom. The largest absolute Gasteiger partial charge is 0.496 e. The molecule has 2 atom stereocenters. The van der Waals surface area contributed by atoms with Crippen LogP contribution >= 0.6 is 27.7 Å². The minimum Gasteiger partial charge on any atom is -0.496 e. The maximum atomic E-state index is 5.61. The van der Waals surface area contributed by atoms with Crippen molar-refractivity contribution >= 4 is 27.7 Å². The van der Waals surface area contributed by atoms with Crippen molar-refractivity contribution in [1.82, 2.24) is 5.32 Å². The van der Waals surface area contributed by atoms with Crippen LogP contribution in [0.25, 0.3) is 0 Å². The van der Waals surface area contributed by atoms with Gasteiger partial charge in [0.25, 0.3) is 0 Å². The number of rotatable bonds is 3. The van der Waals surface area contributed by atoms with Crippen molar-refractivity contribution in [3.05, 3.63) is 21.7 Å². The molecule has 1 N–H and O–H groups in total. The van der Waals surface area contributed by atoms with Crippen molar-refractivity contribution < 1.29 is 9.47 Å². The predicted molar refractivity (Wildman–Crippen MR) is 84.4 cm³/mol. The quantitative estimate of drug-likeness (QED) is 0.903. The Bertz CT molecular complexity index is 467. The van der Waals surface area contributed by atoms with Gasteiger partial charge in [0.2, 0.25) is 0 Å². The summed E-state index contributed by atoms with van der Waals surface area (Å²) in [6, 6.07) is 2.29. The van der Waals surface area contributed by atoms with E-state index >= 15 is 0 Å². The molecule has 0 amide bonds. The zero-order valence-corrected chi connectivity index (χ0v) is 14.2. The molecule has 106 valence electrons. The molecule has 2 rings (SSSR count). The Kier molecular flexibility index (Phi) is 5.03. The minimum atomic E-state index is 0.293. The molecule has 0 saturated heterocycles. The van der Waals surface area contributed by atoms with Crippen molar-refractivity contribution in [1.29, 1.82) is 0 Å². The van der Waals surface area contributed by atoms with E-state index in [2.05, 4.69) is 28.2 Å². The van der Waals surface area contributed by atoms with Crippen LogP contribution in [0.1, 0.15) is 30.5 Å². The number of methoxy groups -OCH3 is 2. The lowest BCUT2D eigenvalue weighted by atomic mass is 9.96. The number of fused-ring (bicyclic) bond motifs is 1. The van der Waals surface area contributed by atoms with Crippen molar-refractivity contribution in [2.75, 3.05) is 21.3 Å². The first-order chi connectivity index (χ1) is 9.12. The molecule has 1 aliphatic heterocycles. The molecule has 0 aromatic heterocycles. The maximum Gasteiger partial charge on any atom is 0.138 e. The van der Waals surface area contributed by atoms with E-state index in [0.29, 0.717) is 11.3 Å². The van der Waals surface area contributed by atoms with Crippen LogP contribution in [0.15, 0.2) is 10.5 Å². The summed E-state index contributed by atoms with van der Waals surface area (Å²) in [7, 11) is 5.45. The van der Waals surface area contributed by atoms with E-state index in [1.165, 1.54) is 11.1 Å². The van der Waals surface area contributed by atoms with Gasteiger partial charge >= 0.3 is 0 Å². The van der Waals surface area contributed by atoms with E-state index in [1.807, 2.05) is 24.9 Å². The van der Waals surface area contributed by atoms with Gasteiger partial charge in [-0.1, -0.05) is 6.92 Å². The first-order valence-electron chi connectivity index (χ1n) is 6.34. The van der Waals surface area contributed by atoms with Gasteiger partial charge in [0.05, 0.1) is 18.7 Å². The van der Waals surface area contributed by atoms with Crippen LogP contribution in [-0.2, 0) is 5.75 Å². The molecule has 1 heterocycles. The van der Waals surface area contributed by atoms with Crippen LogP contribution in [0.5, 0.6) is 11.5 Å². The highest BCUT2D eigenvalue weighted by molar-refractivity contribution is 9.10. The second kappa shape index (κ2) is 6.37. The number of hydrogen-bond donors (Lipinski definition) is 1. The molecule has 0 spiro atoms. The highest BCUT2D eigenvalue weighted by Crippen LogP contribution is 2.46. The van der Waals surface area contributed by atoms with Crippen LogP contribution in [0.2, 0.25) is 0 Å². The fraction of sp³-hybridized carbons (Fsp3) is 0.571. The van der Waals surface area contributed by atoms with Crippen molar-refractivity contribution in [2.45, 2.75) is 30.4 Å². The van der Waals surface area contributed by atoms with Gasteiger partial charge in [-0.2, -0.15) is 11.8 Å². The summed E-state index contributed by atoms with van der Waals surface area (Å²) in [5, 5.41) is 4.02. The van der Waals surface area contributed by atoms with Gasteiger partial charge in [0.1, 0.15) is 11.5 Å². The monoisotopic (exact) mass is 345 g/mol. The van der Waals surface area contributed by atoms with E-state index in [4.69, 9.17) is 9.47 Å². The van der Waals surface area contributed by atoms with E-state index < -0.39 is 0 Å². The third kappa shape index (κ3) is 2.88. The van der Waals surface area contributed by atoms with E-state index in [0.717, 1.165) is 28.1 Å². The lowest BCUT2D eigenvalue weighted by Crippen LogP contribution is -2.20. The molecule has 1 aliphatic rings. The molecule has 3 nitrogen and oxygen atoms in total. The smallest absolute Gasteiger partial charge is 0.138 e. The zero-order chi connectivity index (χ0) is 14.0. The van der Waals surface area contributed by atoms with Crippen molar-refractivity contribution in [3.8, 4) is 11.5 Å².